The lowest BCUT2D eigenvalue weighted by molar-refractivity contribution is -0.180. The summed E-state index contributed by atoms with van der Waals surface area (Å²) in [7, 11) is 0. The number of unbranched alkanes of at least 4 members (excludes halogenated alkanes) is 2. The van der Waals surface area contributed by atoms with Crippen LogP contribution in [0.3, 0.4) is 0 Å². The third-order valence-electron chi connectivity index (χ3n) is 12.1. The van der Waals surface area contributed by atoms with E-state index in [4.69, 9.17) is 4.98 Å². The van der Waals surface area contributed by atoms with Gasteiger partial charge in [-0.05, 0) is 74.9 Å². The van der Waals surface area contributed by atoms with Gasteiger partial charge in [-0.2, -0.15) is 10.0 Å². The van der Waals surface area contributed by atoms with Crippen LogP contribution in [-0.4, -0.2) is 74.0 Å². The minimum absolute atomic E-state index is 0.00503. The molecule has 0 spiro atoms. The molecular weight excluding hydrogens is 799 g/mol. The van der Waals surface area contributed by atoms with Gasteiger partial charge in [0.2, 0.25) is 11.8 Å². The molecule has 0 aromatic carbocycles. The summed E-state index contributed by atoms with van der Waals surface area (Å²) in [6.07, 6.45) is 10.7. The Morgan fingerprint density at radius 3 is 1.63 bits per heavy atom. The first-order chi connectivity index (χ1) is 28.4. The smallest absolute Gasteiger partial charge is 0.286 e. The van der Waals surface area contributed by atoms with Gasteiger partial charge in [0.15, 0.2) is 5.13 Å². The van der Waals surface area contributed by atoms with Crippen molar-refractivity contribution in [2.45, 2.75) is 200 Å². The normalized spacial score (nSPS) is 16.4. The third-order valence-corrected chi connectivity index (χ3v) is 13.2. The predicted molar refractivity (Wildman–Crippen MR) is 254 cm³/mol. The van der Waals surface area contributed by atoms with Crippen LogP contribution in [0.15, 0.2) is 16.7 Å². The molecule has 1 aromatic rings. The number of hydrazine groups is 1. The van der Waals surface area contributed by atoms with Gasteiger partial charge in [0, 0.05) is 48.9 Å². The van der Waals surface area contributed by atoms with E-state index in [-0.39, 0.29) is 28.9 Å². The van der Waals surface area contributed by atoms with Crippen LogP contribution in [0.2, 0.25) is 0 Å². The highest BCUT2D eigenvalue weighted by Crippen LogP contribution is 2.43. The molecule has 350 valence electrons. The summed E-state index contributed by atoms with van der Waals surface area (Å²) in [6, 6.07) is 0. The van der Waals surface area contributed by atoms with E-state index in [0.717, 1.165) is 87.1 Å². The zero-order valence-corrected chi connectivity index (χ0v) is 43.0. The number of hydrogen-bond donors (Lipinski definition) is 0. The maximum atomic E-state index is 15.3. The number of anilines is 1. The fourth-order valence-electron chi connectivity index (χ4n) is 7.72. The molecule has 0 saturated heterocycles. The Morgan fingerprint density at radius 2 is 1.26 bits per heavy atom. The number of nitrogens with zero attached hydrogens (tertiary/aromatic N) is 5. The summed E-state index contributed by atoms with van der Waals surface area (Å²) >= 11 is 1.48. The van der Waals surface area contributed by atoms with Gasteiger partial charge < -0.3 is 4.90 Å². The van der Waals surface area contributed by atoms with Crippen LogP contribution in [0, 0.1) is 28.6 Å². The quantitative estimate of drug-likeness (QED) is 0.0810. The molecule has 0 fully saturated rings. The molecule has 62 heavy (non-hydrogen) atoms. The summed E-state index contributed by atoms with van der Waals surface area (Å²) in [5.41, 5.74) is -2.58. The van der Waals surface area contributed by atoms with Gasteiger partial charge in [0.05, 0.1) is 10.6 Å². The SMILES string of the molecule is CCCCC(CC)CN(CC(CC)CCCC)c1nc(C(C)(C)C)c(/C=C2\C(=O)N(N(C(C)=O)C(=O)C(C)(C)C)C(=O)C(C(=O)N(C(C)=O)C(C)(C)C)=C2CC(C)C(C)(C)C)s1. The van der Waals surface area contributed by atoms with E-state index in [0.29, 0.717) is 26.7 Å². The van der Waals surface area contributed by atoms with E-state index in [1.54, 1.807) is 47.6 Å². The second kappa shape index (κ2) is 21.8. The number of hydrogen-bond acceptors (Lipinski definition) is 9. The lowest BCUT2D eigenvalue weighted by Gasteiger charge is -2.41. The number of carbonyl (C=O) groups excluding carboxylic acids is 6. The number of aromatic nitrogens is 1. The van der Waals surface area contributed by atoms with Gasteiger partial charge in [-0.25, -0.2) is 4.98 Å². The zero-order valence-electron chi connectivity index (χ0n) is 42.2. The summed E-state index contributed by atoms with van der Waals surface area (Å²) in [5.74, 6) is -4.41. The Hall–Kier alpha value is -3.67. The number of rotatable bonds is 18. The van der Waals surface area contributed by atoms with Gasteiger partial charge in [-0.15, -0.1) is 0 Å². The second-order valence-corrected chi connectivity index (χ2v) is 22.7. The van der Waals surface area contributed by atoms with Crippen LogP contribution < -0.4 is 4.90 Å². The van der Waals surface area contributed by atoms with Crippen molar-refractivity contribution in [3.05, 3.63) is 27.3 Å². The summed E-state index contributed by atoms with van der Waals surface area (Å²) in [4.78, 5) is 96.0. The molecule has 3 atom stereocenters. The first kappa shape index (κ1) is 54.5. The molecule has 0 bridgehead atoms. The van der Waals surface area contributed by atoms with Crippen LogP contribution in [-0.2, 0) is 34.2 Å². The van der Waals surface area contributed by atoms with Crippen molar-refractivity contribution in [2.24, 2.45) is 28.6 Å². The van der Waals surface area contributed by atoms with E-state index >= 15 is 14.4 Å². The van der Waals surface area contributed by atoms with E-state index < -0.39 is 57.4 Å². The van der Waals surface area contributed by atoms with Crippen molar-refractivity contribution in [1.82, 2.24) is 19.9 Å². The third kappa shape index (κ3) is 13.7. The highest BCUT2D eigenvalue weighted by Gasteiger charge is 2.50. The van der Waals surface area contributed by atoms with Gasteiger partial charge >= 0.3 is 0 Å². The van der Waals surface area contributed by atoms with Crippen LogP contribution in [0.25, 0.3) is 6.08 Å². The maximum Gasteiger partial charge on any atom is 0.286 e. The maximum absolute atomic E-state index is 15.3. The average Bonchev–Trinajstić information content (AvgIpc) is 3.57. The zero-order chi connectivity index (χ0) is 47.9. The first-order valence-electron chi connectivity index (χ1n) is 23.2. The molecule has 11 nitrogen and oxygen atoms in total. The van der Waals surface area contributed by atoms with Gasteiger partial charge in [0.1, 0.15) is 5.57 Å². The van der Waals surface area contributed by atoms with E-state index in [9.17, 15) is 14.4 Å². The minimum Gasteiger partial charge on any atom is -0.348 e. The van der Waals surface area contributed by atoms with Gasteiger partial charge in [-0.1, -0.05) is 147 Å². The lowest BCUT2D eigenvalue weighted by atomic mass is 9.75. The number of thiazole rings is 1. The highest BCUT2D eigenvalue weighted by atomic mass is 32.1. The van der Waals surface area contributed by atoms with Crippen LogP contribution >= 0.6 is 11.3 Å². The van der Waals surface area contributed by atoms with Crippen molar-refractivity contribution in [1.29, 1.82) is 0 Å². The topological polar surface area (TPSA) is 128 Å². The molecule has 0 saturated carbocycles. The predicted octanol–water partition coefficient (Wildman–Crippen LogP) is 11.3. The standard InChI is InChI=1S/C50H83N5O6S/c1-20-24-26-35(22-3)30-52(31-36(23-4)27-25-21-2)46-51-41(48(11,12)13)39(62-46)29-38-37(28-32(5)47(8,9)10)40(43(59)53(33(6)56)50(17,18)19)44(60)55(42(38)58)54(34(7)57)45(61)49(14,15)16/h29,32,35-36H,20-28,30-31H2,1-19H3/b38-29-. The molecule has 2 heterocycles. The Bertz CT molecular complexity index is 1830. The monoisotopic (exact) mass is 882 g/mol. The second-order valence-electron chi connectivity index (χ2n) is 21.7. The Labute approximate surface area is 379 Å². The highest BCUT2D eigenvalue weighted by molar-refractivity contribution is 7.16. The summed E-state index contributed by atoms with van der Waals surface area (Å²) in [5, 5.41) is 1.94. The average molecular weight is 882 g/mol. The van der Waals surface area contributed by atoms with Crippen LogP contribution in [0.1, 0.15) is 200 Å². The van der Waals surface area contributed by atoms with Crippen LogP contribution in [0.5, 0.6) is 0 Å². The fourth-order valence-corrected chi connectivity index (χ4v) is 8.95. The Kier molecular flexibility index (Phi) is 19.2. The minimum atomic E-state index is -1.20. The Balaban J connectivity index is 3.31. The number of imide groups is 3. The largest absolute Gasteiger partial charge is 0.348 e. The fraction of sp³-hybridized carbons (Fsp3) is 0.740. The van der Waals surface area contributed by atoms with Crippen molar-refractivity contribution in [2.75, 3.05) is 18.0 Å². The van der Waals surface area contributed by atoms with Crippen molar-refractivity contribution >= 4 is 58.0 Å². The number of carbonyl (C=O) groups is 6. The lowest BCUT2D eigenvalue weighted by Crippen LogP contribution is -2.61. The molecule has 0 radical (unpaired) electrons. The molecule has 0 aliphatic carbocycles. The molecule has 1 aromatic heterocycles. The first-order valence-corrected chi connectivity index (χ1v) is 24.0. The number of amides is 6. The van der Waals surface area contributed by atoms with E-state index in [1.165, 1.54) is 18.3 Å². The van der Waals surface area contributed by atoms with Gasteiger partial charge in [-0.3, -0.25) is 33.7 Å². The van der Waals surface area contributed by atoms with E-state index in [1.807, 2.05) is 27.7 Å². The van der Waals surface area contributed by atoms with Crippen molar-refractivity contribution in [3.8, 4) is 0 Å². The molecule has 2 rings (SSSR count). The summed E-state index contributed by atoms with van der Waals surface area (Å²) < 4.78 is 0. The molecular formula is C50H83N5O6S. The van der Waals surface area contributed by atoms with Crippen molar-refractivity contribution in [3.63, 3.8) is 0 Å². The molecule has 1 aliphatic rings. The molecule has 3 unspecified atom stereocenters. The molecule has 1 aliphatic heterocycles. The molecule has 6 amide bonds. The Morgan fingerprint density at radius 1 is 0.758 bits per heavy atom. The summed E-state index contributed by atoms with van der Waals surface area (Å²) in [6.45, 7) is 37.2. The van der Waals surface area contributed by atoms with Crippen LogP contribution in [0.4, 0.5) is 5.13 Å². The van der Waals surface area contributed by atoms with E-state index in [2.05, 4.69) is 53.4 Å². The van der Waals surface area contributed by atoms with Gasteiger partial charge in [0.25, 0.3) is 23.6 Å². The molecule has 0 N–H and O–H groups in total. The van der Waals surface area contributed by atoms with Crippen molar-refractivity contribution < 1.29 is 28.8 Å². The molecule has 12 heteroatoms.